The zero-order valence-corrected chi connectivity index (χ0v) is 7.86. The van der Waals surface area contributed by atoms with Crippen molar-refractivity contribution in [2.45, 2.75) is 38.1 Å². The Morgan fingerprint density at radius 2 is 2.07 bits per heavy atom. The number of carbonyl (C=O) groups is 1. The van der Waals surface area contributed by atoms with E-state index in [0.717, 1.165) is 25.7 Å². The smallest absolute Gasteiger partial charge is 0.284 e. The van der Waals surface area contributed by atoms with Crippen LogP contribution in [0.3, 0.4) is 0 Å². The van der Waals surface area contributed by atoms with E-state index in [-0.39, 0.29) is 6.04 Å². The van der Waals surface area contributed by atoms with E-state index in [4.69, 9.17) is 10.5 Å². The van der Waals surface area contributed by atoms with Crippen molar-refractivity contribution in [3.05, 3.63) is 0 Å². The van der Waals surface area contributed by atoms with Gasteiger partial charge >= 0.3 is 0 Å². The van der Waals surface area contributed by atoms with E-state index in [9.17, 15) is 4.79 Å². The van der Waals surface area contributed by atoms with Gasteiger partial charge < -0.3 is 10.5 Å². The summed E-state index contributed by atoms with van der Waals surface area (Å²) in [5.74, 6) is -0.582. The highest BCUT2D eigenvalue weighted by Gasteiger charge is 2.18. The van der Waals surface area contributed by atoms with Gasteiger partial charge in [-0.25, -0.2) is 0 Å². The summed E-state index contributed by atoms with van der Waals surface area (Å²) in [7, 11) is 0. The lowest BCUT2D eigenvalue weighted by atomic mass is 9.95. The molecule has 0 aromatic heterocycles. The van der Waals surface area contributed by atoms with E-state index in [1.165, 1.54) is 12.5 Å². The first-order valence-electron chi connectivity index (χ1n) is 4.71. The Morgan fingerprint density at radius 1 is 1.43 bits per heavy atom. The molecule has 1 amide bonds. The first-order valence-corrected chi connectivity index (χ1v) is 4.71. The standard InChI is InChI=1S/C9H13N3O2/c10-6-8(12-14)9(13)11-7-4-2-1-3-5-7/h7,14H,1-5H2,(H,11,13). The van der Waals surface area contributed by atoms with Crippen LogP contribution in [0.25, 0.3) is 0 Å². The monoisotopic (exact) mass is 195 g/mol. The summed E-state index contributed by atoms with van der Waals surface area (Å²) in [5, 5.41) is 22.0. The highest BCUT2D eigenvalue weighted by atomic mass is 16.4. The largest absolute Gasteiger partial charge is 0.410 e. The highest BCUT2D eigenvalue weighted by Crippen LogP contribution is 2.17. The summed E-state index contributed by atoms with van der Waals surface area (Å²) < 4.78 is 0. The number of amides is 1. The molecular formula is C9H13N3O2. The zero-order chi connectivity index (χ0) is 10.4. The Kier molecular flexibility index (Phi) is 3.92. The van der Waals surface area contributed by atoms with Gasteiger partial charge in [-0.2, -0.15) is 5.26 Å². The van der Waals surface area contributed by atoms with Gasteiger partial charge in [0, 0.05) is 6.04 Å². The van der Waals surface area contributed by atoms with Crippen LogP contribution < -0.4 is 5.32 Å². The average molecular weight is 195 g/mol. The molecule has 5 nitrogen and oxygen atoms in total. The van der Waals surface area contributed by atoms with Crippen LogP contribution >= 0.6 is 0 Å². The van der Waals surface area contributed by atoms with Gasteiger partial charge in [0.15, 0.2) is 0 Å². The van der Waals surface area contributed by atoms with E-state index >= 15 is 0 Å². The third-order valence-electron chi connectivity index (χ3n) is 2.36. The Balaban J connectivity index is 2.43. The van der Waals surface area contributed by atoms with E-state index in [1.54, 1.807) is 0 Å². The molecule has 1 aliphatic carbocycles. The fraction of sp³-hybridized carbons (Fsp3) is 0.667. The summed E-state index contributed by atoms with van der Waals surface area (Å²) >= 11 is 0. The number of oxime groups is 1. The number of nitriles is 1. The number of nitrogens with zero attached hydrogens (tertiary/aromatic N) is 2. The molecule has 0 bridgehead atoms. The first kappa shape index (κ1) is 10.5. The summed E-state index contributed by atoms with van der Waals surface area (Å²) in [4.78, 5) is 11.2. The van der Waals surface area contributed by atoms with Crippen LogP contribution in [-0.4, -0.2) is 22.9 Å². The SMILES string of the molecule is N#CC(=NO)C(=O)NC1CCCCC1. The van der Waals surface area contributed by atoms with Gasteiger partial charge in [0.2, 0.25) is 5.71 Å². The van der Waals surface area contributed by atoms with Gasteiger partial charge in [-0.05, 0) is 12.8 Å². The fourth-order valence-electron chi connectivity index (χ4n) is 1.62. The highest BCUT2D eigenvalue weighted by molar-refractivity contribution is 6.45. The predicted molar refractivity (Wildman–Crippen MR) is 49.9 cm³/mol. The number of hydrogen-bond donors (Lipinski definition) is 2. The minimum absolute atomic E-state index is 0.126. The molecule has 1 rings (SSSR count). The van der Waals surface area contributed by atoms with Crippen molar-refractivity contribution in [2.75, 3.05) is 0 Å². The lowest BCUT2D eigenvalue weighted by Gasteiger charge is -2.21. The second-order valence-electron chi connectivity index (χ2n) is 3.37. The van der Waals surface area contributed by atoms with Gasteiger partial charge in [-0.3, -0.25) is 4.79 Å². The molecule has 1 saturated carbocycles. The normalized spacial score (nSPS) is 18.6. The van der Waals surface area contributed by atoms with Crippen LogP contribution in [0.2, 0.25) is 0 Å². The Labute approximate surface area is 82.4 Å². The molecule has 0 unspecified atom stereocenters. The molecule has 76 valence electrons. The van der Waals surface area contributed by atoms with E-state index < -0.39 is 11.6 Å². The molecule has 0 aromatic rings. The maximum absolute atomic E-state index is 11.2. The molecule has 1 aliphatic rings. The minimum Gasteiger partial charge on any atom is -0.410 e. The van der Waals surface area contributed by atoms with Crippen molar-refractivity contribution in [1.82, 2.24) is 5.32 Å². The molecule has 2 N–H and O–H groups in total. The van der Waals surface area contributed by atoms with Crippen LogP contribution in [-0.2, 0) is 4.79 Å². The molecule has 1 fully saturated rings. The molecule has 0 atom stereocenters. The third-order valence-corrected chi connectivity index (χ3v) is 2.36. The predicted octanol–water partition coefficient (Wildman–Crippen LogP) is 0.789. The van der Waals surface area contributed by atoms with Gasteiger partial charge in [0.25, 0.3) is 5.91 Å². The Hall–Kier alpha value is -1.57. The van der Waals surface area contributed by atoms with Crippen molar-refractivity contribution in [3.8, 4) is 6.07 Å². The summed E-state index contributed by atoms with van der Waals surface area (Å²) in [6, 6.07) is 1.66. The maximum atomic E-state index is 11.2. The van der Waals surface area contributed by atoms with E-state index in [0.29, 0.717) is 0 Å². The van der Waals surface area contributed by atoms with E-state index in [1.807, 2.05) is 0 Å². The second kappa shape index (κ2) is 5.22. The Morgan fingerprint density at radius 3 is 2.57 bits per heavy atom. The van der Waals surface area contributed by atoms with Gasteiger partial charge in [-0.15, -0.1) is 0 Å². The van der Waals surface area contributed by atoms with Crippen molar-refractivity contribution < 1.29 is 10.0 Å². The molecule has 0 aliphatic heterocycles. The molecule has 5 heteroatoms. The summed E-state index contributed by atoms with van der Waals surface area (Å²) in [5.41, 5.74) is -0.476. The average Bonchev–Trinajstić information content (AvgIpc) is 2.21. The maximum Gasteiger partial charge on any atom is 0.284 e. The van der Waals surface area contributed by atoms with Crippen molar-refractivity contribution in [3.63, 3.8) is 0 Å². The topological polar surface area (TPSA) is 85.5 Å². The molecule has 14 heavy (non-hydrogen) atoms. The second-order valence-corrected chi connectivity index (χ2v) is 3.37. The van der Waals surface area contributed by atoms with Gasteiger partial charge in [0.1, 0.15) is 6.07 Å². The van der Waals surface area contributed by atoms with Crippen LogP contribution in [0.1, 0.15) is 32.1 Å². The van der Waals surface area contributed by atoms with Gasteiger partial charge in [0.05, 0.1) is 0 Å². The van der Waals surface area contributed by atoms with Gasteiger partial charge in [-0.1, -0.05) is 24.4 Å². The summed E-state index contributed by atoms with van der Waals surface area (Å²) in [6.07, 6.45) is 5.28. The molecule has 0 radical (unpaired) electrons. The Bertz CT molecular complexity index is 274. The van der Waals surface area contributed by atoms with Crippen molar-refractivity contribution >= 4 is 11.6 Å². The molecule has 0 aromatic carbocycles. The molecule has 0 spiro atoms. The first-order chi connectivity index (χ1) is 6.77. The zero-order valence-electron chi connectivity index (χ0n) is 7.86. The van der Waals surface area contributed by atoms with Crippen molar-refractivity contribution in [2.24, 2.45) is 5.16 Å². The van der Waals surface area contributed by atoms with E-state index in [2.05, 4.69) is 10.5 Å². The number of hydrogen-bond acceptors (Lipinski definition) is 4. The summed E-state index contributed by atoms with van der Waals surface area (Å²) in [6.45, 7) is 0. The van der Waals surface area contributed by atoms with Crippen LogP contribution in [0.4, 0.5) is 0 Å². The van der Waals surface area contributed by atoms with Crippen LogP contribution in [0.15, 0.2) is 5.16 Å². The fourth-order valence-corrected chi connectivity index (χ4v) is 1.62. The number of rotatable bonds is 2. The molecule has 0 saturated heterocycles. The molecule has 0 heterocycles. The third kappa shape index (κ3) is 2.73. The lowest BCUT2D eigenvalue weighted by molar-refractivity contribution is -0.115. The number of nitrogens with one attached hydrogen (secondary N) is 1. The number of carbonyl (C=O) groups excluding carboxylic acids is 1. The van der Waals surface area contributed by atoms with Crippen LogP contribution in [0, 0.1) is 11.3 Å². The lowest BCUT2D eigenvalue weighted by Crippen LogP contribution is -2.39. The van der Waals surface area contributed by atoms with Crippen molar-refractivity contribution in [1.29, 1.82) is 5.26 Å². The van der Waals surface area contributed by atoms with Crippen LogP contribution in [0.5, 0.6) is 0 Å². The quantitative estimate of drug-likeness (QED) is 0.388. The minimum atomic E-state index is -0.582. The molecular weight excluding hydrogens is 182 g/mol.